The quantitative estimate of drug-likeness (QED) is 0.431. The van der Waals surface area contributed by atoms with Crippen LogP contribution in [0.15, 0.2) is 78.9 Å². The summed E-state index contributed by atoms with van der Waals surface area (Å²) < 4.78 is 5.57. The molecule has 3 aromatic rings. The van der Waals surface area contributed by atoms with Gasteiger partial charge in [0.15, 0.2) is 0 Å². The molecule has 35 heavy (non-hydrogen) atoms. The van der Waals surface area contributed by atoms with Crippen molar-refractivity contribution in [3.8, 4) is 11.1 Å². The van der Waals surface area contributed by atoms with Crippen molar-refractivity contribution in [2.75, 3.05) is 13.2 Å². The number of rotatable bonds is 9. The summed E-state index contributed by atoms with van der Waals surface area (Å²) in [4.78, 5) is 36.9. The van der Waals surface area contributed by atoms with Crippen molar-refractivity contribution in [3.05, 3.63) is 95.6 Å². The van der Waals surface area contributed by atoms with Gasteiger partial charge in [-0.2, -0.15) is 0 Å². The second kappa shape index (κ2) is 10.9. The van der Waals surface area contributed by atoms with E-state index in [1.165, 1.54) is 0 Å². The van der Waals surface area contributed by atoms with Gasteiger partial charge in [-0.05, 0) is 34.2 Å². The first kappa shape index (κ1) is 24.0. The largest absolute Gasteiger partial charge is 0.480 e. The molecule has 180 valence electrons. The van der Waals surface area contributed by atoms with Crippen molar-refractivity contribution in [1.82, 2.24) is 10.6 Å². The van der Waals surface area contributed by atoms with Crippen LogP contribution in [0.5, 0.6) is 0 Å². The van der Waals surface area contributed by atoms with Gasteiger partial charge in [0, 0.05) is 12.5 Å². The molecule has 2 amide bonds. The Labute approximate surface area is 204 Å². The lowest BCUT2D eigenvalue weighted by Crippen LogP contribution is -2.45. The summed E-state index contributed by atoms with van der Waals surface area (Å²) in [7, 11) is 0. The van der Waals surface area contributed by atoms with Crippen LogP contribution in [0.25, 0.3) is 11.1 Å². The number of ether oxygens (including phenoxy) is 1. The Kier molecular flexibility index (Phi) is 7.45. The van der Waals surface area contributed by atoms with Gasteiger partial charge in [-0.15, -0.1) is 0 Å². The number of hydrogen-bond acceptors (Lipinski definition) is 4. The smallest absolute Gasteiger partial charge is 0.407 e. The molecule has 3 N–H and O–H groups in total. The molecule has 0 bridgehead atoms. The molecular weight excluding hydrogens is 444 g/mol. The van der Waals surface area contributed by atoms with Crippen LogP contribution in [0.3, 0.4) is 0 Å². The fraction of sp³-hybridized carbons (Fsp3) is 0.250. The van der Waals surface area contributed by atoms with Crippen molar-refractivity contribution >= 4 is 18.0 Å². The maximum absolute atomic E-state index is 12.9. The monoisotopic (exact) mass is 472 g/mol. The third-order valence-corrected chi connectivity index (χ3v) is 6.34. The van der Waals surface area contributed by atoms with Crippen LogP contribution < -0.4 is 10.6 Å². The van der Waals surface area contributed by atoms with E-state index in [-0.39, 0.29) is 25.5 Å². The van der Waals surface area contributed by atoms with Gasteiger partial charge in [-0.1, -0.05) is 85.8 Å². The van der Waals surface area contributed by atoms with Crippen molar-refractivity contribution < 1.29 is 24.2 Å². The van der Waals surface area contributed by atoms with E-state index >= 15 is 0 Å². The second-order valence-electron chi connectivity index (χ2n) is 8.48. The third-order valence-electron chi connectivity index (χ3n) is 6.34. The summed E-state index contributed by atoms with van der Waals surface area (Å²) in [6, 6.07) is 24.1. The molecule has 3 aromatic carbocycles. The fourth-order valence-corrected chi connectivity index (χ4v) is 4.49. The second-order valence-corrected chi connectivity index (χ2v) is 8.48. The summed E-state index contributed by atoms with van der Waals surface area (Å²) in [5.41, 5.74) is 5.18. The molecule has 0 heterocycles. The zero-order chi connectivity index (χ0) is 24.8. The number of carbonyl (C=O) groups excluding carboxylic acids is 2. The predicted molar refractivity (Wildman–Crippen MR) is 132 cm³/mol. The molecule has 0 saturated carbocycles. The number of alkyl carbamates (subject to hydrolysis) is 1. The first-order chi connectivity index (χ1) is 17.0. The number of fused-ring (bicyclic) bond motifs is 3. The van der Waals surface area contributed by atoms with Gasteiger partial charge in [-0.3, -0.25) is 4.79 Å². The van der Waals surface area contributed by atoms with Crippen molar-refractivity contribution in [3.63, 3.8) is 0 Å². The van der Waals surface area contributed by atoms with Crippen LogP contribution >= 0.6 is 0 Å². The Balaban J connectivity index is 1.41. The van der Waals surface area contributed by atoms with E-state index in [9.17, 15) is 19.5 Å². The summed E-state index contributed by atoms with van der Waals surface area (Å²) in [5.74, 6) is -2.39. The summed E-state index contributed by atoms with van der Waals surface area (Å²) in [5, 5.41) is 14.5. The normalized spacial score (nSPS) is 13.7. The number of carbonyl (C=O) groups is 3. The highest BCUT2D eigenvalue weighted by Crippen LogP contribution is 2.44. The van der Waals surface area contributed by atoms with Crippen LogP contribution in [-0.4, -0.2) is 42.3 Å². The number of hydrogen-bond donors (Lipinski definition) is 3. The maximum Gasteiger partial charge on any atom is 0.407 e. The van der Waals surface area contributed by atoms with Crippen molar-refractivity contribution in [1.29, 1.82) is 0 Å². The zero-order valence-electron chi connectivity index (χ0n) is 19.4. The minimum atomic E-state index is -1.10. The van der Waals surface area contributed by atoms with Gasteiger partial charge < -0.3 is 20.5 Å². The van der Waals surface area contributed by atoms with Crippen LogP contribution in [-0.2, 0) is 14.3 Å². The zero-order valence-corrected chi connectivity index (χ0v) is 19.4. The van der Waals surface area contributed by atoms with E-state index < -0.39 is 29.9 Å². The average molecular weight is 473 g/mol. The van der Waals surface area contributed by atoms with Gasteiger partial charge >= 0.3 is 12.1 Å². The molecule has 7 heteroatoms. The highest BCUT2D eigenvalue weighted by atomic mass is 16.5. The molecule has 1 unspecified atom stereocenters. The fourth-order valence-electron chi connectivity index (χ4n) is 4.49. The molecule has 1 aliphatic rings. The first-order valence-corrected chi connectivity index (χ1v) is 11.7. The number of nitrogens with one attached hydrogen (secondary N) is 2. The Morgan fingerprint density at radius 2 is 1.46 bits per heavy atom. The third kappa shape index (κ3) is 5.35. The molecule has 0 aromatic heterocycles. The van der Waals surface area contributed by atoms with Gasteiger partial charge in [0.25, 0.3) is 0 Å². The Hall–Kier alpha value is -4.13. The number of amides is 2. The highest BCUT2D eigenvalue weighted by molar-refractivity contribution is 5.88. The predicted octanol–water partition coefficient (Wildman–Crippen LogP) is 4.29. The van der Waals surface area contributed by atoms with Crippen molar-refractivity contribution in [2.24, 2.45) is 0 Å². The van der Waals surface area contributed by atoms with Gasteiger partial charge in [-0.25, -0.2) is 9.59 Å². The first-order valence-electron chi connectivity index (χ1n) is 11.7. The van der Waals surface area contributed by atoms with Gasteiger partial charge in [0.05, 0.1) is 5.92 Å². The maximum atomic E-state index is 12.9. The van der Waals surface area contributed by atoms with Crippen LogP contribution in [0.1, 0.15) is 41.9 Å². The highest BCUT2D eigenvalue weighted by Gasteiger charge is 2.30. The van der Waals surface area contributed by atoms with E-state index in [2.05, 4.69) is 22.8 Å². The lowest BCUT2D eigenvalue weighted by Gasteiger charge is -2.21. The topological polar surface area (TPSA) is 105 Å². The van der Waals surface area contributed by atoms with E-state index in [0.717, 1.165) is 22.3 Å². The average Bonchev–Trinajstić information content (AvgIpc) is 3.20. The Morgan fingerprint density at radius 1 is 0.886 bits per heavy atom. The van der Waals surface area contributed by atoms with Crippen LogP contribution in [0.4, 0.5) is 4.79 Å². The van der Waals surface area contributed by atoms with E-state index in [1.807, 2.05) is 42.5 Å². The number of aliphatic carboxylic acids is 1. The molecule has 0 fully saturated rings. The minimum absolute atomic E-state index is 0.0252. The Bertz CT molecular complexity index is 1170. The molecule has 4 rings (SSSR count). The van der Waals surface area contributed by atoms with Crippen LogP contribution in [0, 0.1) is 0 Å². The molecule has 1 aliphatic carbocycles. The summed E-state index contributed by atoms with van der Waals surface area (Å²) in [6.07, 6.45) is -0.381. The Morgan fingerprint density at radius 3 is 2.03 bits per heavy atom. The number of carboxylic acids is 1. The molecule has 2 atom stereocenters. The number of carboxylic acid groups (broad SMARTS) is 1. The van der Waals surface area contributed by atoms with Gasteiger partial charge in [0.1, 0.15) is 12.6 Å². The van der Waals surface area contributed by atoms with Crippen molar-refractivity contribution in [2.45, 2.75) is 31.2 Å². The lowest BCUT2D eigenvalue weighted by atomic mass is 9.97. The molecule has 7 nitrogen and oxygen atoms in total. The van der Waals surface area contributed by atoms with E-state index in [4.69, 9.17) is 4.74 Å². The molecule has 0 aliphatic heterocycles. The van der Waals surface area contributed by atoms with E-state index in [1.54, 1.807) is 31.2 Å². The standard InChI is InChI=1S/C28H28N2O5/c1-2-25(27(32)33)30-26(31)23(18-10-4-3-5-11-18)16-29-28(34)35-17-24-21-14-8-6-12-19(21)20-13-7-9-15-22(20)24/h3-15,23-25H,2,16-17H2,1H3,(H,29,34)(H,30,31)(H,32,33)/t23?,25-/m0/s1. The van der Waals surface area contributed by atoms with Gasteiger partial charge in [0.2, 0.25) is 5.91 Å². The minimum Gasteiger partial charge on any atom is -0.480 e. The summed E-state index contributed by atoms with van der Waals surface area (Å²) >= 11 is 0. The number of benzene rings is 3. The SMILES string of the molecule is CC[C@H](NC(=O)C(CNC(=O)OCC1c2ccccc2-c2ccccc21)c1ccccc1)C(=O)O. The molecule has 0 radical (unpaired) electrons. The summed E-state index contributed by atoms with van der Waals surface area (Å²) in [6.45, 7) is 1.83. The van der Waals surface area contributed by atoms with Crippen LogP contribution in [0.2, 0.25) is 0 Å². The molecular formula is C28H28N2O5. The van der Waals surface area contributed by atoms with E-state index in [0.29, 0.717) is 5.56 Å². The molecule has 0 saturated heterocycles. The molecule has 0 spiro atoms. The lowest BCUT2D eigenvalue weighted by molar-refractivity contribution is -0.142.